The van der Waals surface area contributed by atoms with Crippen LogP contribution in [0, 0.1) is 0 Å². The Balaban J connectivity index is 1.82. The van der Waals surface area contributed by atoms with Crippen molar-refractivity contribution in [3.05, 3.63) is 36.2 Å². The largest absolute Gasteiger partial charge is 0.380 e. The summed E-state index contributed by atoms with van der Waals surface area (Å²) in [5.41, 5.74) is 0.987. The van der Waals surface area contributed by atoms with E-state index in [0.717, 1.165) is 48.7 Å². The second-order valence-corrected chi connectivity index (χ2v) is 5.39. The molecular formula is C15H21N5S. The molecule has 0 radical (unpaired) electrons. The predicted octanol–water partition coefficient (Wildman–Crippen LogP) is 2.70. The van der Waals surface area contributed by atoms with E-state index in [1.54, 1.807) is 4.68 Å². The molecule has 0 bridgehead atoms. The van der Waals surface area contributed by atoms with Crippen molar-refractivity contribution in [3.63, 3.8) is 0 Å². The van der Waals surface area contributed by atoms with Crippen molar-refractivity contribution >= 4 is 17.2 Å². The van der Waals surface area contributed by atoms with Gasteiger partial charge >= 0.3 is 0 Å². The number of hydrogen-bond acceptors (Lipinski definition) is 4. The van der Waals surface area contributed by atoms with Crippen LogP contribution < -0.4 is 5.32 Å². The Labute approximate surface area is 130 Å². The van der Waals surface area contributed by atoms with Gasteiger partial charge in [0, 0.05) is 13.0 Å². The number of nitrogens with one attached hydrogen (secondary N) is 1. The van der Waals surface area contributed by atoms with Gasteiger partial charge in [-0.3, -0.25) is 0 Å². The molecule has 2 rings (SSSR count). The average Bonchev–Trinajstić information content (AvgIpc) is 2.97. The number of aryl methyl sites for hydroxylation is 1. The van der Waals surface area contributed by atoms with Gasteiger partial charge in [0.05, 0.1) is 10.7 Å². The standard InChI is InChI=1S/C15H21N5S/c1-2-3-12-16-15(21)11-7-10-14-17-18-19-20(14)13-8-5-4-6-9-13/h4-6,8-9H,2-3,7,10-12H2,1H3,(H,16,21). The van der Waals surface area contributed by atoms with E-state index < -0.39 is 0 Å². The minimum Gasteiger partial charge on any atom is -0.380 e. The number of unbranched alkanes of at least 4 members (excludes halogenated alkanes) is 1. The lowest BCUT2D eigenvalue weighted by atomic mass is 10.2. The summed E-state index contributed by atoms with van der Waals surface area (Å²) in [6.07, 6.45) is 4.98. The van der Waals surface area contributed by atoms with Gasteiger partial charge in [0.2, 0.25) is 0 Å². The van der Waals surface area contributed by atoms with Crippen LogP contribution in [-0.2, 0) is 6.42 Å². The van der Waals surface area contributed by atoms with Crippen LogP contribution in [0.15, 0.2) is 30.3 Å². The Bertz CT molecular complexity index is 552. The van der Waals surface area contributed by atoms with Gasteiger partial charge in [0.1, 0.15) is 0 Å². The highest BCUT2D eigenvalue weighted by Crippen LogP contribution is 2.09. The van der Waals surface area contributed by atoms with Crippen molar-refractivity contribution in [2.24, 2.45) is 0 Å². The molecule has 1 heterocycles. The highest BCUT2D eigenvalue weighted by molar-refractivity contribution is 7.80. The number of hydrogen-bond donors (Lipinski definition) is 1. The van der Waals surface area contributed by atoms with Crippen LogP contribution in [0.1, 0.15) is 38.4 Å². The highest BCUT2D eigenvalue weighted by Gasteiger charge is 2.08. The molecule has 6 heteroatoms. The van der Waals surface area contributed by atoms with Gasteiger partial charge in [-0.15, -0.1) is 5.10 Å². The third-order valence-corrected chi connectivity index (χ3v) is 3.54. The van der Waals surface area contributed by atoms with Crippen molar-refractivity contribution in [2.75, 3.05) is 6.54 Å². The van der Waals surface area contributed by atoms with Crippen LogP contribution >= 0.6 is 12.2 Å². The number of nitrogens with zero attached hydrogens (tertiary/aromatic N) is 4. The van der Waals surface area contributed by atoms with Gasteiger partial charge in [-0.2, -0.15) is 4.68 Å². The van der Waals surface area contributed by atoms with Crippen molar-refractivity contribution < 1.29 is 0 Å². The smallest absolute Gasteiger partial charge is 0.156 e. The molecule has 2 aromatic rings. The number of para-hydroxylation sites is 1. The van der Waals surface area contributed by atoms with E-state index in [-0.39, 0.29) is 0 Å². The molecule has 0 saturated heterocycles. The van der Waals surface area contributed by atoms with Crippen LogP contribution in [0.25, 0.3) is 5.69 Å². The number of rotatable bonds is 8. The zero-order valence-electron chi connectivity index (χ0n) is 12.3. The van der Waals surface area contributed by atoms with Gasteiger partial charge in [-0.25, -0.2) is 0 Å². The Kier molecular flexibility index (Phi) is 6.27. The quantitative estimate of drug-likeness (QED) is 0.600. The summed E-state index contributed by atoms with van der Waals surface area (Å²) in [4.78, 5) is 0.933. The predicted molar refractivity (Wildman–Crippen MR) is 87.6 cm³/mol. The summed E-state index contributed by atoms with van der Waals surface area (Å²) in [5.74, 6) is 0.873. The van der Waals surface area contributed by atoms with Crippen molar-refractivity contribution in [1.82, 2.24) is 25.5 Å². The van der Waals surface area contributed by atoms with Gasteiger partial charge in [-0.1, -0.05) is 43.8 Å². The zero-order valence-corrected chi connectivity index (χ0v) is 13.1. The average molecular weight is 303 g/mol. The molecule has 0 aliphatic heterocycles. The highest BCUT2D eigenvalue weighted by atomic mass is 32.1. The van der Waals surface area contributed by atoms with Crippen molar-refractivity contribution in [1.29, 1.82) is 0 Å². The number of tetrazole rings is 1. The van der Waals surface area contributed by atoms with Crippen LogP contribution in [0.2, 0.25) is 0 Å². The van der Waals surface area contributed by atoms with E-state index in [4.69, 9.17) is 12.2 Å². The normalized spacial score (nSPS) is 10.5. The first-order valence-electron chi connectivity index (χ1n) is 7.40. The SMILES string of the molecule is CCCCNC(=S)CCCc1nnnn1-c1ccccc1. The fraction of sp³-hybridized carbons (Fsp3) is 0.467. The molecular weight excluding hydrogens is 282 g/mol. The lowest BCUT2D eigenvalue weighted by molar-refractivity contribution is 0.718. The van der Waals surface area contributed by atoms with E-state index in [9.17, 15) is 0 Å². The monoisotopic (exact) mass is 303 g/mol. The van der Waals surface area contributed by atoms with E-state index in [2.05, 4.69) is 27.8 Å². The maximum Gasteiger partial charge on any atom is 0.156 e. The first kappa shape index (κ1) is 15.6. The lowest BCUT2D eigenvalue weighted by Gasteiger charge is -2.07. The van der Waals surface area contributed by atoms with E-state index in [1.165, 1.54) is 6.42 Å². The number of thiocarbonyl (C=S) groups is 1. The molecule has 1 aromatic heterocycles. The first-order chi connectivity index (χ1) is 10.3. The first-order valence-corrected chi connectivity index (χ1v) is 7.81. The lowest BCUT2D eigenvalue weighted by Crippen LogP contribution is -2.22. The van der Waals surface area contributed by atoms with E-state index in [1.807, 2.05) is 30.3 Å². The summed E-state index contributed by atoms with van der Waals surface area (Å²) in [6, 6.07) is 9.93. The number of aromatic nitrogens is 4. The Morgan fingerprint density at radius 1 is 1.24 bits per heavy atom. The fourth-order valence-corrected chi connectivity index (χ4v) is 2.28. The molecule has 112 valence electrons. The van der Waals surface area contributed by atoms with Gasteiger partial charge in [0.25, 0.3) is 0 Å². The summed E-state index contributed by atoms with van der Waals surface area (Å²) in [6.45, 7) is 3.14. The molecule has 0 amide bonds. The van der Waals surface area contributed by atoms with Crippen LogP contribution in [0.5, 0.6) is 0 Å². The van der Waals surface area contributed by atoms with Crippen molar-refractivity contribution in [2.45, 2.75) is 39.0 Å². The Morgan fingerprint density at radius 2 is 2.05 bits per heavy atom. The molecule has 0 aliphatic carbocycles. The molecule has 0 saturated carbocycles. The van der Waals surface area contributed by atoms with Crippen LogP contribution in [0.4, 0.5) is 0 Å². The summed E-state index contributed by atoms with van der Waals surface area (Å²) >= 11 is 5.32. The zero-order chi connectivity index (χ0) is 14.9. The van der Waals surface area contributed by atoms with Gasteiger partial charge < -0.3 is 5.32 Å². The van der Waals surface area contributed by atoms with Crippen LogP contribution in [-0.4, -0.2) is 31.7 Å². The van der Waals surface area contributed by atoms with Gasteiger partial charge in [0.15, 0.2) is 5.82 Å². The minimum atomic E-state index is 0.817. The summed E-state index contributed by atoms with van der Waals surface area (Å²) < 4.78 is 1.79. The third-order valence-electron chi connectivity index (χ3n) is 3.19. The topological polar surface area (TPSA) is 55.6 Å². The number of benzene rings is 1. The van der Waals surface area contributed by atoms with Gasteiger partial charge in [-0.05, 0) is 41.8 Å². The summed E-state index contributed by atoms with van der Waals surface area (Å²) in [7, 11) is 0. The van der Waals surface area contributed by atoms with Crippen LogP contribution in [0.3, 0.4) is 0 Å². The maximum atomic E-state index is 5.32. The molecule has 1 N–H and O–H groups in total. The fourth-order valence-electron chi connectivity index (χ4n) is 2.03. The molecule has 1 aromatic carbocycles. The molecule has 0 aliphatic rings. The van der Waals surface area contributed by atoms with Crippen molar-refractivity contribution in [3.8, 4) is 5.69 Å². The second kappa shape index (κ2) is 8.46. The second-order valence-electron chi connectivity index (χ2n) is 4.90. The van der Waals surface area contributed by atoms with E-state index >= 15 is 0 Å². The Morgan fingerprint density at radius 3 is 2.81 bits per heavy atom. The molecule has 0 unspecified atom stereocenters. The maximum absolute atomic E-state index is 5.32. The molecule has 0 spiro atoms. The Hall–Kier alpha value is -1.82. The molecule has 5 nitrogen and oxygen atoms in total. The molecule has 21 heavy (non-hydrogen) atoms. The molecule has 0 fully saturated rings. The minimum absolute atomic E-state index is 0.817. The van der Waals surface area contributed by atoms with E-state index in [0.29, 0.717) is 0 Å². The third kappa shape index (κ3) is 4.90. The molecule has 0 atom stereocenters. The summed E-state index contributed by atoms with van der Waals surface area (Å²) in [5, 5.41) is 15.2.